The molecule has 5 nitrogen and oxygen atoms in total. The first-order valence-electron chi connectivity index (χ1n) is 6.32. The Bertz CT molecular complexity index is 392. The molecule has 5 heteroatoms. The molecule has 0 aliphatic carbocycles. The van der Waals surface area contributed by atoms with Crippen LogP contribution in [0.4, 0.5) is 0 Å². The molecule has 0 fully saturated rings. The van der Waals surface area contributed by atoms with E-state index in [-0.39, 0.29) is 12.5 Å². The summed E-state index contributed by atoms with van der Waals surface area (Å²) in [6, 6.07) is 9.42. The van der Waals surface area contributed by atoms with Gasteiger partial charge in [0.05, 0.1) is 13.2 Å². The van der Waals surface area contributed by atoms with Crippen LogP contribution in [-0.2, 0) is 14.3 Å². The van der Waals surface area contributed by atoms with E-state index in [0.717, 1.165) is 5.75 Å². The van der Waals surface area contributed by atoms with Gasteiger partial charge in [0.25, 0.3) is 0 Å². The summed E-state index contributed by atoms with van der Waals surface area (Å²) < 4.78 is 10.1. The molecule has 1 rings (SSSR count). The third-order valence-corrected chi connectivity index (χ3v) is 2.30. The lowest BCUT2D eigenvalue weighted by Gasteiger charge is -2.06. The minimum atomic E-state index is -0.420. The van der Waals surface area contributed by atoms with Gasteiger partial charge in [-0.2, -0.15) is 0 Å². The van der Waals surface area contributed by atoms with Gasteiger partial charge in [-0.05, 0) is 25.5 Å². The Labute approximate surface area is 112 Å². The predicted octanol–water partition coefficient (Wildman–Crippen LogP) is 1.52. The molecule has 0 atom stereocenters. The Morgan fingerprint density at radius 1 is 1.21 bits per heavy atom. The monoisotopic (exact) mass is 265 g/mol. The highest BCUT2D eigenvalue weighted by Crippen LogP contribution is 2.08. The van der Waals surface area contributed by atoms with Crippen molar-refractivity contribution in [3.05, 3.63) is 30.3 Å². The summed E-state index contributed by atoms with van der Waals surface area (Å²) in [5.41, 5.74) is 0. The highest BCUT2D eigenvalue weighted by molar-refractivity contribution is 5.81. The highest BCUT2D eigenvalue weighted by Gasteiger charge is 2.05. The van der Waals surface area contributed by atoms with Crippen LogP contribution in [0.25, 0.3) is 0 Å². The number of carbonyl (C=O) groups is 2. The van der Waals surface area contributed by atoms with Crippen LogP contribution in [0.2, 0.25) is 0 Å². The van der Waals surface area contributed by atoms with Crippen molar-refractivity contribution in [2.24, 2.45) is 0 Å². The lowest BCUT2D eigenvalue weighted by molar-refractivity contribution is -0.143. The predicted molar refractivity (Wildman–Crippen MR) is 70.8 cm³/mol. The fraction of sp³-hybridized carbons (Fsp3) is 0.429. The van der Waals surface area contributed by atoms with E-state index in [1.54, 1.807) is 6.92 Å². The maximum Gasteiger partial charge on any atom is 0.325 e. The topological polar surface area (TPSA) is 64.6 Å². The van der Waals surface area contributed by atoms with Gasteiger partial charge in [-0.1, -0.05) is 18.2 Å². The molecular formula is C14H19NO4. The number of para-hydroxylation sites is 1. The average molecular weight is 265 g/mol. The van der Waals surface area contributed by atoms with Crippen molar-refractivity contribution in [3.8, 4) is 5.75 Å². The number of esters is 1. The second-order valence-electron chi connectivity index (χ2n) is 3.85. The molecule has 1 N–H and O–H groups in total. The summed E-state index contributed by atoms with van der Waals surface area (Å²) >= 11 is 0. The number of carbonyl (C=O) groups excluding carboxylic acids is 2. The third kappa shape index (κ3) is 7.08. The maximum absolute atomic E-state index is 11.4. The number of benzene rings is 1. The number of hydrogen-bond donors (Lipinski definition) is 1. The Hall–Kier alpha value is -2.04. The molecule has 0 spiro atoms. The molecule has 1 aromatic carbocycles. The van der Waals surface area contributed by atoms with E-state index in [1.807, 2.05) is 30.3 Å². The molecule has 0 unspecified atom stereocenters. The first-order valence-corrected chi connectivity index (χ1v) is 6.32. The van der Waals surface area contributed by atoms with Crippen molar-refractivity contribution >= 4 is 11.9 Å². The Morgan fingerprint density at radius 2 is 1.95 bits per heavy atom. The maximum atomic E-state index is 11.4. The smallest absolute Gasteiger partial charge is 0.325 e. The number of nitrogens with one attached hydrogen (secondary N) is 1. The van der Waals surface area contributed by atoms with Gasteiger partial charge in [-0.25, -0.2) is 0 Å². The Kier molecular flexibility index (Phi) is 7.09. The summed E-state index contributed by atoms with van der Waals surface area (Å²) in [4.78, 5) is 22.4. The van der Waals surface area contributed by atoms with E-state index in [0.29, 0.717) is 26.1 Å². The van der Waals surface area contributed by atoms with Gasteiger partial charge in [-0.15, -0.1) is 0 Å². The molecule has 0 aliphatic rings. The standard InChI is InChI=1S/C14H19NO4/c1-2-18-14(17)11-15-13(16)9-6-10-19-12-7-4-3-5-8-12/h3-5,7-8H,2,6,9-11H2,1H3,(H,15,16). The lowest BCUT2D eigenvalue weighted by Crippen LogP contribution is -2.30. The molecule has 0 bridgehead atoms. The van der Waals surface area contributed by atoms with Crippen LogP contribution < -0.4 is 10.1 Å². The quantitative estimate of drug-likeness (QED) is 0.572. The molecule has 0 aliphatic heterocycles. The first-order chi connectivity index (χ1) is 9.22. The second kappa shape index (κ2) is 8.97. The largest absolute Gasteiger partial charge is 0.494 e. The lowest BCUT2D eigenvalue weighted by atomic mass is 10.3. The fourth-order valence-electron chi connectivity index (χ4n) is 1.41. The summed E-state index contributed by atoms with van der Waals surface area (Å²) in [6.07, 6.45) is 0.926. The number of hydrogen-bond acceptors (Lipinski definition) is 4. The van der Waals surface area contributed by atoms with Gasteiger partial charge >= 0.3 is 5.97 Å². The second-order valence-corrected chi connectivity index (χ2v) is 3.85. The van der Waals surface area contributed by atoms with Crippen LogP contribution in [0.3, 0.4) is 0 Å². The van der Waals surface area contributed by atoms with E-state index >= 15 is 0 Å². The zero-order valence-corrected chi connectivity index (χ0v) is 11.1. The van der Waals surface area contributed by atoms with Crippen LogP contribution in [0.1, 0.15) is 19.8 Å². The number of amides is 1. The van der Waals surface area contributed by atoms with Crippen molar-refractivity contribution in [1.82, 2.24) is 5.32 Å². The van der Waals surface area contributed by atoms with Crippen molar-refractivity contribution in [3.63, 3.8) is 0 Å². The molecule has 0 heterocycles. The van der Waals surface area contributed by atoms with E-state index in [9.17, 15) is 9.59 Å². The SMILES string of the molecule is CCOC(=O)CNC(=O)CCCOc1ccccc1. The Balaban J connectivity index is 2.06. The van der Waals surface area contributed by atoms with Gasteiger partial charge < -0.3 is 14.8 Å². The average Bonchev–Trinajstić information content (AvgIpc) is 2.43. The van der Waals surface area contributed by atoms with Crippen LogP contribution in [-0.4, -0.2) is 31.6 Å². The van der Waals surface area contributed by atoms with Gasteiger partial charge in [0.1, 0.15) is 12.3 Å². The van der Waals surface area contributed by atoms with E-state index in [1.165, 1.54) is 0 Å². The summed E-state index contributed by atoms with van der Waals surface area (Å²) in [5, 5.41) is 2.50. The van der Waals surface area contributed by atoms with Crippen LogP contribution in [0.15, 0.2) is 30.3 Å². The van der Waals surface area contributed by atoms with E-state index < -0.39 is 5.97 Å². The van der Waals surface area contributed by atoms with Gasteiger partial charge in [0, 0.05) is 6.42 Å². The number of rotatable bonds is 8. The van der Waals surface area contributed by atoms with E-state index in [2.05, 4.69) is 5.32 Å². The molecule has 19 heavy (non-hydrogen) atoms. The van der Waals surface area contributed by atoms with Gasteiger partial charge in [0.15, 0.2) is 0 Å². The molecule has 1 aromatic rings. The molecule has 0 aromatic heterocycles. The van der Waals surface area contributed by atoms with Gasteiger partial charge in [-0.3, -0.25) is 9.59 Å². The first kappa shape index (κ1) is 15.0. The van der Waals surface area contributed by atoms with Crippen molar-refractivity contribution in [2.75, 3.05) is 19.8 Å². The molecule has 0 saturated carbocycles. The highest BCUT2D eigenvalue weighted by atomic mass is 16.5. The Morgan fingerprint density at radius 3 is 2.63 bits per heavy atom. The molecule has 1 amide bonds. The molecule has 0 saturated heterocycles. The molecule has 104 valence electrons. The van der Waals surface area contributed by atoms with Crippen LogP contribution in [0.5, 0.6) is 5.75 Å². The van der Waals surface area contributed by atoms with Crippen molar-refractivity contribution in [1.29, 1.82) is 0 Å². The third-order valence-electron chi connectivity index (χ3n) is 2.30. The van der Waals surface area contributed by atoms with Crippen LogP contribution >= 0.6 is 0 Å². The van der Waals surface area contributed by atoms with Crippen molar-refractivity contribution < 1.29 is 19.1 Å². The minimum absolute atomic E-state index is 0.0772. The zero-order valence-electron chi connectivity index (χ0n) is 11.1. The normalized spacial score (nSPS) is 9.74. The minimum Gasteiger partial charge on any atom is -0.494 e. The fourth-order valence-corrected chi connectivity index (χ4v) is 1.41. The summed E-state index contributed by atoms with van der Waals surface area (Å²) in [5.74, 6) is 0.190. The van der Waals surface area contributed by atoms with E-state index in [4.69, 9.17) is 9.47 Å². The zero-order chi connectivity index (χ0) is 13.9. The summed E-state index contributed by atoms with van der Waals surface area (Å²) in [7, 11) is 0. The molecular weight excluding hydrogens is 246 g/mol. The molecule has 0 radical (unpaired) electrons. The number of ether oxygens (including phenoxy) is 2. The summed E-state index contributed by atoms with van der Waals surface area (Å²) in [6.45, 7) is 2.43. The van der Waals surface area contributed by atoms with Crippen LogP contribution in [0, 0.1) is 0 Å². The van der Waals surface area contributed by atoms with Gasteiger partial charge in [0.2, 0.25) is 5.91 Å². The van der Waals surface area contributed by atoms with Crippen molar-refractivity contribution in [2.45, 2.75) is 19.8 Å².